The normalized spacial score (nSPS) is 11.3. The van der Waals surface area contributed by atoms with Crippen LogP contribution in [0.1, 0.15) is 12.5 Å². The van der Waals surface area contributed by atoms with Gasteiger partial charge in [0.1, 0.15) is 5.39 Å². The zero-order valence-electron chi connectivity index (χ0n) is 16.1. The molecular formula is C23H17ClN4O2. The minimum atomic E-state index is -0.224. The largest absolute Gasteiger partial charge is 0.461 e. The van der Waals surface area contributed by atoms with Crippen molar-refractivity contribution in [2.75, 3.05) is 0 Å². The number of furan rings is 1. The molecule has 7 heteroatoms. The Hall–Kier alpha value is -3.64. The van der Waals surface area contributed by atoms with Gasteiger partial charge in [-0.05, 0) is 48.4 Å². The van der Waals surface area contributed by atoms with Gasteiger partial charge in [0, 0.05) is 0 Å². The lowest BCUT2D eigenvalue weighted by atomic mass is 10.1. The lowest BCUT2D eigenvalue weighted by Gasteiger charge is -2.13. The fourth-order valence-corrected chi connectivity index (χ4v) is 3.71. The molecule has 5 aromatic rings. The molecule has 2 aromatic carbocycles. The number of aryl methyl sites for hydroxylation is 1. The van der Waals surface area contributed by atoms with Gasteiger partial charge in [0.15, 0.2) is 17.2 Å². The molecule has 0 bridgehead atoms. The van der Waals surface area contributed by atoms with Gasteiger partial charge in [-0.3, -0.25) is 9.36 Å². The van der Waals surface area contributed by atoms with Crippen molar-refractivity contribution in [1.82, 2.24) is 19.3 Å². The number of hydrogen-bond acceptors (Lipinski definition) is 4. The molecule has 6 nitrogen and oxygen atoms in total. The van der Waals surface area contributed by atoms with Crippen LogP contribution in [0.25, 0.3) is 34.0 Å². The molecule has 0 atom stereocenters. The van der Waals surface area contributed by atoms with E-state index in [1.54, 1.807) is 33.7 Å². The van der Waals surface area contributed by atoms with Crippen molar-refractivity contribution >= 4 is 22.6 Å². The summed E-state index contributed by atoms with van der Waals surface area (Å²) in [5.41, 5.74) is 2.69. The first kappa shape index (κ1) is 18.4. The molecule has 0 aliphatic carbocycles. The summed E-state index contributed by atoms with van der Waals surface area (Å²) in [6, 6.07) is 18.7. The summed E-state index contributed by atoms with van der Waals surface area (Å²) in [5.74, 6) is 0.891. The monoisotopic (exact) mass is 416 g/mol. The molecule has 0 saturated carbocycles. The van der Waals surface area contributed by atoms with E-state index in [1.807, 2.05) is 42.5 Å². The molecule has 0 fully saturated rings. The Morgan fingerprint density at radius 1 is 1.07 bits per heavy atom. The van der Waals surface area contributed by atoms with E-state index in [9.17, 15) is 4.79 Å². The van der Waals surface area contributed by atoms with Gasteiger partial charge >= 0.3 is 0 Å². The van der Waals surface area contributed by atoms with E-state index in [4.69, 9.17) is 21.0 Å². The first-order valence-corrected chi connectivity index (χ1v) is 9.94. The highest BCUT2D eigenvalue weighted by Crippen LogP contribution is 2.26. The highest BCUT2D eigenvalue weighted by Gasteiger charge is 2.20. The van der Waals surface area contributed by atoms with Gasteiger partial charge in [0.25, 0.3) is 5.56 Å². The Kier molecular flexibility index (Phi) is 4.48. The van der Waals surface area contributed by atoms with Gasteiger partial charge in [-0.15, -0.1) is 0 Å². The molecule has 0 N–H and O–H groups in total. The van der Waals surface area contributed by atoms with Crippen LogP contribution in [0, 0.1) is 0 Å². The smallest absolute Gasteiger partial charge is 0.269 e. The Morgan fingerprint density at radius 2 is 1.93 bits per heavy atom. The maximum atomic E-state index is 13.6. The lowest BCUT2D eigenvalue weighted by molar-refractivity contribution is 0.574. The lowest BCUT2D eigenvalue weighted by Crippen LogP contribution is -2.22. The van der Waals surface area contributed by atoms with Crippen molar-refractivity contribution in [3.8, 4) is 23.0 Å². The SMILES string of the molecule is CCc1cccc(-n2c(-c3ccco3)nc3c(cnn3-c3ccccc3Cl)c2=O)c1. The fraction of sp³-hybridized carbons (Fsp3) is 0.0870. The predicted molar refractivity (Wildman–Crippen MR) is 117 cm³/mol. The summed E-state index contributed by atoms with van der Waals surface area (Å²) in [7, 11) is 0. The molecule has 0 unspecified atom stereocenters. The Morgan fingerprint density at radius 3 is 2.70 bits per heavy atom. The van der Waals surface area contributed by atoms with E-state index in [-0.39, 0.29) is 5.56 Å². The number of rotatable bonds is 4. The third-order valence-electron chi connectivity index (χ3n) is 5.00. The second-order valence-corrected chi connectivity index (χ2v) is 7.23. The van der Waals surface area contributed by atoms with E-state index in [0.717, 1.165) is 17.7 Å². The van der Waals surface area contributed by atoms with Crippen molar-refractivity contribution in [1.29, 1.82) is 0 Å². The fourth-order valence-electron chi connectivity index (χ4n) is 3.49. The molecule has 0 aliphatic rings. The van der Waals surface area contributed by atoms with Crippen LogP contribution in [0.4, 0.5) is 0 Å². The number of hydrogen-bond donors (Lipinski definition) is 0. The van der Waals surface area contributed by atoms with Crippen LogP contribution >= 0.6 is 11.6 Å². The van der Waals surface area contributed by atoms with Crippen LogP contribution in [0.2, 0.25) is 5.02 Å². The zero-order chi connectivity index (χ0) is 20.7. The third-order valence-corrected chi connectivity index (χ3v) is 5.32. The molecule has 0 spiro atoms. The summed E-state index contributed by atoms with van der Waals surface area (Å²) in [4.78, 5) is 18.4. The van der Waals surface area contributed by atoms with Crippen LogP contribution in [0.15, 0.2) is 82.3 Å². The van der Waals surface area contributed by atoms with Gasteiger partial charge in [0.05, 0.1) is 28.9 Å². The second-order valence-electron chi connectivity index (χ2n) is 6.82. The van der Waals surface area contributed by atoms with E-state index < -0.39 is 0 Å². The molecule has 0 aliphatic heterocycles. The van der Waals surface area contributed by atoms with Gasteiger partial charge in [-0.25, -0.2) is 9.67 Å². The Bertz CT molecular complexity index is 1420. The molecule has 30 heavy (non-hydrogen) atoms. The average molecular weight is 417 g/mol. The minimum absolute atomic E-state index is 0.224. The van der Waals surface area contributed by atoms with Gasteiger partial charge in [0.2, 0.25) is 0 Å². The van der Waals surface area contributed by atoms with Crippen LogP contribution in [0.5, 0.6) is 0 Å². The molecular weight excluding hydrogens is 400 g/mol. The quantitative estimate of drug-likeness (QED) is 0.411. The third kappa shape index (κ3) is 2.93. The van der Waals surface area contributed by atoms with Crippen LogP contribution in [-0.4, -0.2) is 19.3 Å². The van der Waals surface area contributed by atoms with Crippen LogP contribution in [-0.2, 0) is 6.42 Å². The highest BCUT2D eigenvalue weighted by molar-refractivity contribution is 6.32. The van der Waals surface area contributed by atoms with Gasteiger partial charge in [-0.2, -0.15) is 5.10 Å². The maximum absolute atomic E-state index is 13.6. The van der Waals surface area contributed by atoms with Crippen molar-refractivity contribution < 1.29 is 4.42 Å². The Labute approximate surface area is 177 Å². The van der Waals surface area contributed by atoms with E-state index in [1.165, 1.54) is 6.20 Å². The summed E-state index contributed by atoms with van der Waals surface area (Å²) in [6.07, 6.45) is 3.95. The Balaban J connectivity index is 1.85. The first-order valence-electron chi connectivity index (χ1n) is 9.56. The van der Waals surface area contributed by atoms with E-state index in [0.29, 0.717) is 33.3 Å². The average Bonchev–Trinajstić information content (AvgIpc) is 3.44. The highest BCUT2D eigenvalue weighted by atomic mass is 35.5. The zero-order valence-corrected chi connectivity index (χ0v) is 16.9. The minimum Gasteiger partial charge on any atom is -0.461 e. The molecule has 5 rings (SSSR count). The van der Waals surface area contributed by atoms with Crippen LogP contribution < -0.4 is 5.56 Å². The molecule has 0 amide bonds. The second kappa shape index (κ2) is 7.31. The van der Waals surface area contributed by atoms with Crippen molar-refractivity contribution in [3.63, 3.8) is 0 Å². The maximum Gasteiger partial charge on any atom is 0.269 e. The summed E-state index contributed by atoms with van der Waals surface area (Å²) < 4.78 is 8.76. The molecule has 0 saturated heterocycles. The van der Waals surface area contributed by atoms with E-state index in [2.05, 4.69) is 12.0 Å². The number of benzene rings is 2. The summed E-state index contributed by atoms with van der Waals surface area (Å²) in [6.45, 7) is 2.07. The number of aromatic nitrogens is 4. The number of fused-ring (bicyclic) bond motifs is 1. The molecule has 148 valence electrons. The predicted octanol–water partition coefficient (Wildman–Crippen LogP) is 5.05. The summed E-state index contributed by atoms with van der Waals surface area (Å²) >= 11 is 6.37. The number of para-hydroxylation sites is 1. The van der Waals surface area contributed by atoms with Crippen molar-refractivity contribution in [2.24, 2.45) is 0 Å². The van der Waals surface area contributed by atoms with Gasteiger partial charge in [-0.1, -0.05) is 42.8 Å². The molecule has 0 radical (unpaired) electrons. The topological polar surface area (TPSA) is 65.8 Å². The van der Waals surface area contributed by atoms with Crippen molar-refractivity contribution in [3.05, 3.63) is 94.1 Å². The van der Waals surface area contributed by atoms with Gasteiger partial charge < -0.3 is 4.42 Å². The van der Waals surface area contributed by atoms with Crippen LogP contribution in [0.3, 0.4) is 0 Å². The summed E-state index contributed by atoms with van der Waals surface area (Å²) in [5, 5.41) is 5.32. The first-order chi connectivity index (χ1) is 14.7. The molecule has 3 aromatic heterocycles. The van der Waals surface area contributed by atoms with Crippen molar-refractivity contribution in [2.45, 2.75) is 13.3 Å². The molecule has 3 heterocycles. The van der Waals surface area contributed by atoms with E-state index >= 15 is 0 Å². The standard InChI is InChI=1S/C23H17ClN4O2/c1-2-15-7-5-8-16(13-15)27-22(20-11-6-12-30-20)26-21-17(23(27)29)14-25-28(21)19-10-4-3-9-18(19)24/h3-14H,2H2,1H3. The number of halogens is 1. The number of nitrogens with zero attached hydrogens (tertiary/aromatic N) is 4.